The lowest BCUT2D eigenvalue weighted by Gasteiger charge is -2.21. The van der Waals surface area contributed by atoms with E-state index in [4.69, 9.17) is 23.2 Å². The summed E-state index contributed by atoms with van der Waals surface area (Å²) in [5.41, 5.74) is 1.27. The molecule has 2 amide bonds. The molecular weight excluding hydrogens is 549 g/mol. The van der Waals surface area contributed by atoms with E-state index in [1.54, 1.807) is 36.4 Å². The summed E-state index contributed by atoms with van der Waals surface area (Å²) in [6.45, 7) is 6.61. The maximum Gasteiger partial charge on any atom is 0.337 e. The molecule has 0 aliphatic rings. The van der Waals surface area contributed by atoms with Gasteiger partial charge in [0.2, 0.25) is 5.91 Å². The van der Waals surface area contributed by atoms with Crippen molar-refractivity contribution < 1.29 is 19.1 Å². The lowest BCUT2D eigenvalue weighted by molar-refractivity contribution is -0.113. The van der Waals surface area contributed by atoms with E-state index in [0.717, 1.165) is 0 Å². The van der Waals surface area contributed by atoms with Crippen molar-refractivity contribution in [3.05, 3.63) is 69.5 Å². The molecular formula is C26H29Cl2N5O4S. The number of nitrogens with zero attached hydrogens (tertiary/aromatic N) is 3. The van der Waals surface area contributed by atoms with Gasteiger partial charge in [-0.05, 0) is 61.7 Å². The van der Waals surface area contributed by atoms with E-state index in [0.29, 0.717) is 45.8 Å². The molecule has 3 aromatic rings. The van der Waals surface area contributed by atoms with Crippen LogP contribution in [0.1, 0.15) is 59.8 Å². The molecule has 0 saturated heterocycles. The first kappa shape index (κ1) is 29.5. The second kappa shape index (κ2) is 13.6. The van der Waals surface area contributed by atoms with Crippen molar-refractivity contribution in [3.63, 3.8) is 0 Å². The average molecular weight is 579 g/mol. The Kier molecular flexibility index (Phi) is 10.6. The first-order valence-corrected chi connectivity index (χ1v) is 13.7. The van der Waals surface area contributed by atoms with E-state index in [-0.39, 0.29) is 28.5 Å². The first-order chi connectivity index (χ1) is 18.1. The van der Waals surface area contributed by atoms with E-state index < -0.39 is 12.0 Å². The maximum atomic E-state index is 13.0. The molecule has 0 unspecified atom stereocenters. The number of methoxy groups -OCH3 is 1. The second-order valence-electron chi connectivity index (χ2n) is 8.77. The fraction of sp³-hybridized carbons (Fsp3) is 0.346. The molecule has 2 N–H and O–H groups in total. The molecule has 0 aliphatic carbocycles. The predicted octanol–water partition coefficient (Wildman–Crippen LogP) is 5.64. The largest absolute Gasteiger partial charge is 0.465 e. The van der Waals surface area contributed by atoms with Crippen molar-refractivity contribution in [1.29, 1.82) is 0 Å². The van der Waals surface area contributed by atoms with Crippen LogP contribution in [0.4, 0.5) is 5.69 Å². The summed E-state index contributed by atoms with van der Waals surface area (Å²) in [6, 6.07) is 10.7. The summed E-state index contributed by atoms with van der Waals surface area (Å²) in [7, 11) is 1.31. The van der Waals surface area contributed by atoms with Gasteiger partial charge >= 0.3 is 5.97 Å². The third-order valence-corrected chi connectivity index (χ3v) is 7.00. The number of rotatable bonds is 11. The quantitative estimate of drug-likeness (QED) is 0.224. The van der Waals surface area contributed by atoms with Crippen LogP contribution < -0.4 is 10.6 Å². The fourth-order valence-corrected chi connectivity index (χ4v) is 5.01. The van der Waals surface area contributed by atoms with Crippen molar-refractivity contribution in [1.82, 2.24) is 20.1 Å². The minimum atomic E-state index is -0.448. The molecule has 12 heteroatoms. The summed E-state index contributed by atoms with van der Waals surface area (Å²) in [6.07, 6.45) is 0.627. The van der Waals surface area contributed by atoms with Crippen molar-refractivity contribution in [2.75, 3.05) is 18.2 Å². The number of amides is 2. The van der Waals surface area contributed by atoms with Crippen molar-refractivity contribution in [2.45, 2.75) is 44.9 Å². The molecule has 1 atom stereocenters. The minimum absolute atomic E-state index is 0.0957. The summed E-state index contributed by atoms with van der Waals surface area (Å²) in [5, 5.41) is 15.8. The number of hydrogen-bond donors (Lipinski definition) is 2. The highest BCUT2D eigenvalue weighted by atomic mass is 35.5. The number of carbonyl (C=O) groups is 3. The van der Waals surface area contributed by atoms with Gasteiger partial charge in [-0.15, -0.1) is 10.2 Å². The summed E-state index contributed by atoms with van der Waals surface area (Å²) >= 11 is 13.5. The van der Waals surface area contributed by atoms with Crippen LogP contribution in [-0.4, -0.2) is 45.4 Å². The van der Waals surface area contributed by atoms with Crippen LogP contribution in [-0.2, 0) is 16.1 Å². The molecule has 9 nitrogen and oxygen atoms in total. The number of esters is 1. The minimum Gasteiger partial charge on any atom is -0.465 e. The smallest absolute Gasteiger partial charge is 0.337 e. The van der Waals surface area contributed by atoms with Crippen molar-refractivity contribution in [2.24, 2.45) is 5.92 Å². The lowest BCUT2D eigenvalue weighted by atomic mass is 10.0. The molecule has 1 aromatic heterocycles. The fourth-order valence-electron chi connectivity index (χ4n) is 3.71. The van der Waals surface area contributed by atoms with Gasteiger partial charge in [0.25, 0.3) is 5.91 Å². The molecule has 2 aromatic carbocycles. The van der Waals surface area contributed by atoms with Crippen LogP contribution in [0.15, 0.2) is 47.6 Å². The molecule has 3 rings (SSSR count). The zero-order valence-corrected chi connectivity index (χ0v) is 23.8. The van der Waals surface area contributed by atoms with Crippen LogP contribution in [0.2, 0.25) is 10.0 Å². The Labute approximate surface area is 235 Å². The number of benzene rings is 2. The molecule has 1 heterocycles. The number of aromatic nitrogens is 3. The van der Waals surface area contributed by atoms with Gasteiger partial charge in [0, 0.05) is 17.3 Å². The Hall–Kier alpha value is -3.08. The highest BCUT2D eigenvalue weighted by Crippen LogP contribution is 2.27. The van der Waals surface area contributed by atoms with Crippen molar-refractivity contribution >= 4 is 58.4 Å². The number of hydrogen-bond acceptors (Lipinski definition) is 7. The van der Waals surface area contributed by atoms with Crippen LogP contribution in [0.25, 0.3) is 0 Å². The topological polar surface area (TPSA) is 115 Å². The molecule has 0 bridgehead atoms. The normalized spacial score (nSPS) is 11.8. The predicted molar refractivity (Wildman–Crippen MR) is 149 cm³/mol. The van der Waals surface area contributed by atoms with Gasteiger partial charge in [0.05, 0.1) is 35.1 Å². The molecule has 202 valence electrons. The maximum absolute atomic E-state index is 13.0. The number of carbonyl (C=O) groups excluding carboxylic acids is 3. The molecule has 0 radical (unpaired) electrons. The van der Waals surface area contributed by atoms with Crippen LogP contribution in [0.3, 0.4) is 0 Å². The van der Waals surface area contributed by atoms with Crippen LogP contribution >= 0.6 is 35.0 Å². The highest BCUT2D eigenvalue weighted by Gasteiger charge is 2.25. The Bertz CT molecular complexity index is 1300. The van der Waals surface area contributed by atoms with E-state index in [9.17, 15) is 14.4 Å². The van der Waals surface area contributed by atoms with Gasteiger partial charge < -0.3 is 19.9 Å². The van der Waals surface area contributed by atoms with Gasteiger partial charge in [0.15, 0.2) is 11.0 Å². The number of ether oxygens (including phenoxy) is 1. The summed E-state index contributed by atoms with van der Waals surface area (Å²) in [4.78, 5) is 37.1. The van der Waals surface area contributed by atoms with E-state index in [1.807, 2.05) is 11.5 Å². The van der Waals surface area contributed by atoms with E-state index in [2.05, 4.69) is 39.4 Å². The Morgan fingerprint density at radius 2 is 1.79 bits per heavy atom. The second-order valence-corrected chi connectivity index (χ2v) is 10.6. The average Bonchev–Trinajstić information content (AvgIpc) is 3.29. The standard InChI is InChI=1S/C26H29Cl2N5O4S/c1-5-33-23(21(12-15(2)3)30-24(35)19-11-8-17(27)13-20(19)28)31-32-26(33)38-14-22(34)29-18-9-6-16(7-10-18)25(36)37-4/h6-11,13,15,21H,5,12,14H2,1-4H3,(H,29,34)(H,30,35)/t21-/m0/s1. The lowest BCUT2D eigenvalue weighted by Crippen LogP contribution is -2.31. The van der Waals surface area contributed by atoms with Gasteiger partial charge in [-0.25, -0.2) is 4.79 Å². The number of nitrogens with one attached hydrogen (secondary N) is 2. The summed E-state index contributed by atoms with van der Waals surface area (Å²) < 4.78 is 6.57. The first-order valence-electron chi connectivity index (χ1n) is 11.9. The monoisotopic (exact) mass is 577 g/mol. The number of anilines is 1. The zero-order chi connectivity index (χ0) is 27.8. The Balaban J connectivity index is 1.70. The van der Waals surface area contributed by atoms with Gasteiger partial charge in [-0.3, -0.25) is 9.59 Å². The number of halogens is 2. The van der Waals surface area contributed by atoms with E-state index in [1.165, 1.54) is 24.9 Å². The molecule has 0 spiro atoms. The Morgan fingerprint density at radius 1 is 1.08 bits per heavy atom. The zero-order valence-electron chi connectivity index (χ0n) is 21.5. The Morgan fingerprint density at radius 3 is 2.39 bits per heavy atom. The van der Waals surface area contributed by atoms with Crippen LogP contribution in [0.5, 0.6) is 0 Å². The third-order valence-electron chi connectivity index (χ3n) is 5.48. The van der Waals surface area contributed by atoms with E-state index >= 15 is 0 Å². The van der Waals surface area contributed by atoms with Crippen molar-refractivity contribution in [3.8, 4) is 0 Å². The molecule has 0 saturated carbocycles. The SMILES string of the molecule is CCn1c(SCC(=O)Nc2ccc(C(=O)OC)cc2)nnc1[C@H](CC(C)C)NC(=O)c1ccc(Cl)cc1Cl. The highest BCUT2D eigenvalue weighted by molar-refractivity contribution is 7.99. The third kappa shape index (κ3) is 7.72. The molecule has 0 fully saturated rings. The van der Waals surface area contributed by atoms with Gasteiger partial charge in [0.1, 0.15) is 0 Å². The van der Waals surface area contributed by atoms with Crippen LogP contribution in [0, 0.1) is 5.92 Å². The van der Waals surface area contributed by atoms with Gasteiger partial charge in [-0.1, -0.05) is 48.8 Å². The molecule has 0 aliphatic heterocycles. The summed E-state index contributed by atoms with van der Waals surface area (Å²) in [5.74, 6) is -0.0710. The van der Waals surface area contributed by atoms with Gasteiger partial charge in [-0.2, -0.15) is 0 Å². The number of thioether (sulfide) groups is 1. The molecule has 38 heavy (non-hydrogen) atoms.